The van der Waals surface area contributed by atoms with Crippen molar-refractivity contribution in [3.63, 3.8) is 0 Å². The van der Waals surface area contributed by atoms with Crippen molar-refractivity contribution < 1.29 is 23.1 Å². The Morgan fingerprint density at radius 1 is 1.47 bits per heavy atom. The molecule has 4 atom stereocenters. The molecule has 0 aromatic carbocycles. The summed E-state index contributed by atoms with van der Waals surface area (Å²) in [6.45, 7) is 3.03. The molecule has 1 aliphatic heterocycles. The van der Waals surface area contributed by atoms with Crippen molar-refractivity contribution in [3.8, 4) is 0 Å². The molecule has 2 N–H and O–H groups in total. The molecule has 2 rings (SSSR count). The fourth-order valence-electron chi connectivity index (χ4n) is 2.97. The van der Waals surface area contributed by atoms with Crippen LogP contribution in [0, 0.1) is 17.3 Å². The lowest BCUT2D eigenvalue weighted by molar-refractivity contribution is -0.170. The van der Waals surface area contributed by atoms with Crippen molar-refractivity contribution in [2.45, 2.75) is 38.7 Å². The van der Waals surface area contributed by atoms with Gasteiger partial charge in [0, 0.05) is 18.3 Å². The van der Waals surface area contributed by atoms with E-state index in [1.165, 1.54) is 6.92 Å². The number of alkyl halides is 2. The summed E-state index contributed by atoms with van der Waals surface area (Å²) in [5.41, 5.74) is 3.35. The molecule has 1 amide bonds. The first-order valence-corrected chi connectivity index (χ1v) is 5.60. The van der Waals surface area contributed by atoms with Gasteiger partial charge in [0.25, 0.3) is 5.92 Å². The molecule has 1 saturated carbocycles. The van der Waals surface area contributed by atoms with Crippen LogP contribution in [0.5, 0.6) is 0 Å². The van der Waals surface area contributed by atoms with Crippen molar-refractivity contribution in [1.29, 1.82) is 0 Å². The van der Waals surface area contributed by atoms with Crippen LogP contribution in [0.2, 0.25) is 0 Å². The Kier molecular flexibility index (Phi) is 2.45. The summed E-state index contributed by atoms with van der Waals surface area (Å²) >= 11 is 0. The summed E-state index contributed by atoms with van der Waals surface area (Å²) in [7, 11) is 0. The molecule has 1 saturated heterocycles. The minimum absolute atomic E-state index is 0.0723. The monoisotopic (exact) mass is 247 g/mol. The number of halogens is 2. The number of carbonyl (C=O) groups is 2. The van der Waals surface area contributed by atoms with Crippen LogP contribution in [0.25, 0.3) is 0 Å². The third kappa shape index (κ3) is 1.46. The number of hydrogen-bond donors (Lipinski definition) is 1. The molecule has 0 aromatic rings. The lowest BCUT2D eigenvalue weighted by atomic mass is 9.61. The third-order valence-electron chi connectivity index (χ3n) is 4.14. The van der Waals surface area contributed by atoms with Gasteiger partial charge < -0.3 is 10.5 Å². The van der Waals surface area contributed by atoms with E-state index >= 15 is 0 Å². The number of fused-ring (bicyclic) bond motifs is 1. The highest BCUT2D eigenvalue weighted by Gasteiger charge is 2.68. The first kappa shape index (κ1) is 12.3. The van der Waals surface area contributed by atoms with Crippen LogP contribution >= 0.6 is 0 Å². The number of carbonyl (C=O) groups excluding carboxylic acids is 2. The number of rotatable bonds is 1. The number of primary amides is 1. The van der Waals surface area contributed by atoms with Crippen molar-refractivity contribution in [2.75, 3.05) is 0 Å². The number of amides is 1. The van der Waals surface area contributed by atoms with Gasteiger partial charge in [0.05, 0.1) is 0 Å². The van der Waals surface area contributed by atoms with Crippen LogP contribution in [0.15, 0.2) is 0 Å². The standard InChI is InChI=1S/C11H15F2NO3/c1-5-3-7-6(2)17-9(16)10(7,8(14)15)4-11(5,12)13/h5-7H,3-4H2,1-2H3,(H2,14,15). The molecule has 4 unspecified atom stereocenters. The summed E-state index contributed by atoms with van der Waals surface area (Å²) in [5, 5.41) is 0. The first-order valence-electron chi connectivity index (χ1n) is 5.60. The van der Waals surface area contributed by atoms with E-state index < -0.39 is 47.6 Å². The largest absolute Gasteiger partial charge is 0.462 e. The summed E-state index contributed by atoms with van der Waals surface area (Å²) < 4.78 is 32.4. The predicted molar refractivity (Wildman–Crippen MR) is 54.0 cm³/mol. The number of hydrogen-bond acceptors (Lipinski definition) is 3. The summed E-state index contributed by atoms with van der Waals surface area (Å²) in [6, 6.07) is 0. The predicted octanol–water partition coefficient (Wildman–Crippen LogP) is 1.08. The van der Waals surface area contributed by atoms with Crippen LogP contribution in [-0.2, 0) is 14.3 Å². The average molecular weight is 247 g/mol. The molecule has 0 bridgehead atoms. The fourth-order valence-corrected chi connectivity index (χ4v) is 2.97. The molecule has 1 heterocycles. The van der Waals surface area contributed by atoms with Gasteiger partial charge in [-0.2, -0.15) is 0 Å². The molecule has 4 nitrogen and oxygen atoms in total. The van der Waals surface area contributed by atoms with E-state index in [0.29, 0.717) is 0 Å². The third-order valence-corrected chi connectivity index (χ3v) is 4.14. The summed E-state index contributed by atoms with van der Waals surface area (Å²) in [4.78, 5) is 23.2. The molecule has 0 spiro atoms. The average Bonchev–Trinajstić information content (AvgIpc) is 2.41. The molecule has 2 fully saturated rings. The van der Waals surface area contributed by atoms with E-state index in [2.05, 4.69) is 0 Å². The molecule has 6 heteroatoms. The molecular weight excluding hydrogens is 232 g/mol. The molecule has 2 aliphatic rings. The van der Waals surface area contributed by atoms with Gasteiger partial charge in [-0.1, -0.05) is 6.92 Å². The van der Waals surface area contributed by atoms with Crippen LogP contribution < -0.4 is 5.73 Å². The van der Waals surface area contributed by atoms with Crippen molar-refractivity contribution in [3.05, 3.63) is 0 Å². The molecule has 0 aromatic heterocycles. The Morgan fingerprint density at radius 2 is 2.06 bits per heavy atom. The maximum atomic E-state index is 13.7. The quantitative estimate of drug-likeness (QED) is 0.557. The summed E-state index contributed by atoms with van der Waals surface area (Å²) in [6.07, 6.45) is -1.29. The van der Waals surface area contributed by atoms with Gasteiger partial charge in [-0.05, 0) is 13.3 Å². The van der Waals surface area contributed by atoms with E-state index in [0.717, 1.165) is 0 Å². The van der Waals surface area contributed by atoms with Gasteiger partial charge >= 0.3 is 5.97 Å². The normalized spacial score (nSPS) is 44.0. The van der Waals surface area contributed by atoms with Crippen molar-refractivity contribution in [2.24, 2.45) is 23.0 Å². The fraction of sp³-hybridized carbons (Fsp3) is 0.818. The zero-order chi connectivity index (χ0) is 13.0. The Bertz CT molecular complexity index is 385. The minimum Gasteiger partial charge on any atom is -0.462 e. The zero-order valence-electron chi connectivity index (χ0n) is 9.70. The number of nitrogens with two attached hydrogens (primary N) is 1. The molecular formula is C11H15F2NO3. The number of esters is 1. The lowest BCUT2D eigenvalue weighted by Gasteiger charge is -2.41. The van der Waals surface area contributed by atoms with Gasteiger partial charge in [0.2, 0.25) is 5.91 Å². The Morgan fingerprint density at radius 3 is 2.59 bits per heavy atom. The van der Waals surface area contributed by atoms with E-state index in [4.69, 9.17) is 10.5 Å². The van der Waals surface area contributed by atoms with E-state index in [1.807, 2.05) is 0 Å². The second-order valence-corrected chi connectivity index (χ2v) is 5.13. The zero-order valence-corrected chi connectivity index (χ0v) is 9.70. The molecule has 1 aliphatic carbocycles. The van der Waals surface area contributed by atoms with Crippen molar-refractivity contribution >= 4 is 11.9 Å². The highest BCUT2D eigenvalue weighted by atomic mass is 19.3. The van der Waals surface area contributed by atoms with Gasteiger partial charge in [0.1, 0.15) is 6.10 Å². The Balaban J connectivity index is 2.47. The number of ether oxygens (including phenoxy) is 1. The second kappa shape index (κ2) is 3.40. The molecule has 0 radical (unpaired) electrons. The second-order valence-electron chi connectivity index (χ2n) is 5.13. The van der Waals surface area contributed by atoms with Crippen LogP contribution in [0.4, 0.5) is 8.78 Å². The van der Waals surface area contributed by atoms with E-state index in [-0.39, 0.29) is 6.42 Å². The molecule has 17 heavy (non-hydrogen) atoms. The maximum absolute atomic E-state index is 13.7. The maximum Gasteiger partial charge on any atom is 0.322 e. The van der Waals surface area contributed by atoms with Crippen LogP contribution in [-0.4, -0.2) is 23.9 Å². The van der Waals surface area contributed by atoms with Gasteiger partial charge in [0.15, 0.2) is 5.41 Å². The van der Waals surface area contributed by atoms with Gasteiger partial charge in [-0.25, -0.2) is 8.78 Å². The SMILES string of the molecule is CC1OC(=O)C2(C(N)=O)CC(F)(F)C(C)CC12. The minimum atomic E-state index is -3.06. The Hall–Kier alpha value is -1.20. The van der Waals surface area contributed by atoms with E-state index in [1.54, 1.807) is 6.92 Å². The first-order chi connectivity index (χ1) is 7.71. The van der Waals surface area contributed by atoms with Gasteiger partial charge in [-0.3, -0.25) is 9.59 Å². The number of cyclic esters (lactones) is 1. The smallest absolute Gasteiger partial charge is 0.322 e. The van der Waals surface area contributed by atoms with E-state index in [9.17, 15) is 18.4 Å². The van der Waals surface area contributed by atoms with Crippen LogP contribution in [0.1, 0.15) is 26.7 Å². The lowest BCUT2D eigenvalue weighted by Crippen LogP contribution is -2.55. The van der Waals surface area contributed by atoms with Crippen LogP contribution in [0.3, 0.4) is 0 Å². The van der Waals surface area contributed by atoms with Crippen molar-refractivity contribution in [1.82, 2.24) is 0 Å². The van der Waals surface area contributed by atoms with Gasteiger partial charge in [-0.15, -0.1) is 0 Å². The molecule has 96 valence electrons. The Labute approximate surface area is 97.5 Å². The highest BCUT2D eigenvalue weighted by molar-refractivity contribution is 6.04. The topological polar surface area (TPSA) is 69.4 Å². The summed E-state index contributed by atoms with van der Waals surface area (Å²) in [5.74, 6) is -6.37. The highest BCUT2D eigenvalue weighted by Crippen LogP contribution is 2.56.